The van der Waals surface area contributed by atoms with Crippen molar-refractivity contribution in [3.8, 4) is 11.4 Å². The number of benzene rings is 2. The summed E-state index contributed by atoms with van der Waals surface area (Å²) >= 11 is 0. The van der Waals surface area contributed by atoms with Gasteiger partial charge in [-0.25, -0.2) is 13.8 Å². The maximum absolute atomic E-state index is 13.6. The van der Waals surface area contributed by atoms with Crippen molar-refractivity contribution < 1.29 is 8.78 Å². The zero-order chi connectivity index (χ0) is 15.9. The predicted octanol–water partition coefficient (Wildman–Crippen LogP) is 3.72. The molecule has 0 amide bonds. The van der Waals surface area contributed by atoms with Gasteiger partial charge in [-0.3, -0.25) is 0 Å². The summed E-state index contributed by atoms with van der Waals surface area (Å²) in [6.07, 6.45) is 0. The van der Waals surface area contributed by atoms with Gasteiger partial charge in [0.05, 0.1) is 11.0 Å². The smallest absolute Gasteiger partial charge is 0.159 e. The van der Waals surface area contributed by atoms with Crippen LogP contribution in [-0.2, 0) is 6.54 Å². The molecule has 0 aliphatic rings. The van der Waals surface area contributed by atoms with Crippen molar-refractivity contribution in [1.82, 2.24) is 9.55 Å². The fourth-order valence-electron chi connectivity index (χ4n) is 2.50. The van der Waals surface area contributed by atoms with E-state index in [4.69, 9.17) is 5.73 Å². The Bertz CT molecular complexity index is 832. The fraction of sp³-hybridized carbons (Fsp3) is 0.235. The average molecular weight is 301 g/mol. The Balaban J connectivity index is 2.23. The predicted molar refractivity (Wildman–Crippen MR) is 83.4 cm³/mol. The molecule has 3 aromatic rings. The van der Waals surface area contributed by atoms with Crippen LogP contribution in [-0.4, -0.2) is 15.1 Å². The molecule has 0 atom stereocenters. The first-order chi connectivity index (χ1) is 10.3. The van der Waals surface area contributed by atoms with Crippen molar-refractivity contribution in [3.05, 3.63) is 54.1 Å². The molecule has 114 valence electrons. The molecule has 3 nitrogen and oxygen atoms in total. The van der Waals surface area contributed by atoms with E-state index in [0.29, 0.717) is 17.9 Å². The van der Waals surface area contributed by atoms with Gasteiger partial charge in [0.1, 0.15) is 5.82 Å². The highest BCUT2D eigenvalue weighted by Gasteiger charge is 2.19. The van der Waals surface area contributed by atoms with Crippen molar-refractivity contribution in [2.75, 3.05) is 0 Å². The second kappa shape index (κ2) is 5.18. The van der Waals surface area contributed by atoms with E-state index in [1.807, 2.05) is 42.7 Å². The molecule has 3 rings (SSSR count). The molecule has 5 heteroatoms. The number of rotatable bonds is 3. The van der Waals surface area contributed by atoms with Crippen LogP contribution in [0.25, 0.3) is 22.4 Å². The lowest BCUT2D eigenvalue weighted by Gasteiger charge is -2.21. The second-order valence-electron chi connectivity index (χ2n) is 6.13. The molecular formula is C17H17F2N3. The lowest BCUT2D eigenvalue weighted by molar-refractivity contribution is 0.442. The highest BCUT2D eigenvalue weighted by Crippen LogP contribution is 2.27. The van der Waals surface area contributed by atoms with Crippen LogP contribution in [0, 0.1) is 11.6 Å². The van der Waals surface area contributed by atoms with Crippen LogP contribution in [0.3, 0.4) is 0 Å². The van der Waals surface area contributed by atoms with Gasteiger partial charge >= 0.3 is 0 Å². The lowest BCUT2D eigenvalue weighted by Crippen LogP contribution is -2.37. The largest absolute Gasteiger partial charge is 0.324 e. The lowest BCUT2D eigenvalue weighted by atomic mass is 10.1. The van der Waals surface area contributed by atoms with Gasteiger partial charge in [0.15, 0.2) is 11.6 Å². The number of nitrogens with zero attached hydrogens (tertiary/aromatic N) is 2. The zero-order valence-electron chi connectivity index (χ0n) is 12.5. The van der Waals surface area contributed by atoms with Crippen LogP contribution in [0.1, 0.15) is 13.8 Å². The summed E-state index contributed by atoms with van der Waals surface area (Å²) in [7, 11) is 0. The number of para-hydroxylation sites is 2. The Morgan fingerprint density at radius 2 is 1.82 bits per heavy atom. The van der Waals surface area contributed by atoms with Crippen LogP contribution in [0.5, 0.6) is 0 Å². The normalized spacial score (nSPS) is 12.0. The third kappa shape index (κ3) is 2.72. The van der Waals surface area contributed by atoms with Gasteiger partial charge in [0, 0.05) is 17.6 Å². The Labute approximate surface area is 127 Å². The highest BCUT2D eigenvalue weighted by molar-refractivity contribution is 5.80. The topological polar surface area (TPSA) is 43.8 Å². The molecule has 2 aromatic carbocycles. The monoisotopic (exact) mass is 301 g/mol. The number of halogens is 2. The van der Waals surface area contributed by atoms with Crippen LogP contribution in [0.15, 0.2) is 42.5 Å². The van der Waals surface area contributed by atoms with Crippen molar-refractivity contribution >= 4 is 11.0 Å². The molecular weight excluding hydrogens is 284 g/mol. The summed E-state index contributed by atoms with van der Waals surface area (Å²) in [4.78, 5) is 4.56. The van der Waals surface area contributed by atoms with E-state index in [9.17, 15) is 8.78 Å². The minimum Gasteiger partial charge on any atom is -0.324 e. The maximum atomic E-state index is 13.6. The van der Waals surface area contributed by atoms with Crippen molar-refractivity contribution in [2.24, 2.45) is 5.73 Å². The standard InChI is InChI=1S/C17H17F2N3/c1-17(2,20)10-22-15-6-4-3-5-14(15)21-16(22)11-7-8-12(18)13(19)9-11/h3-9H,10,20H2,1-2H3. The van der Waals surface area contributed by atoms with Gasteiger partial charge in [-0.05, 0) is 44.2 Å². The van der Waals surface area contributed by atoms with E-state index >= 15 is 0 Å². The van der Waals surface area contributed by atoms with Crippen LogP contribution in [0.2, 0.25) is 0 Å². The molecule has 0 fully saturated rings. The summed E-state index contributed by atoms with van der Waals surface area (Å²) < 4.78 is 28.7. The van der Waals surface area contributed by atoms with Gasteiger partial charge in [-0.1, -0.05) is 12.1 Å². The Hall–Kier alpha value is -2.27. The van der Waals surface area contributed by atoms with Gasteiger partial charge in [0.2, 0.25) is 0 Å². The molecule has 2 N–H and O–H groups in total. The van der Waals surface area contributed by atoms with Gasteiger partial charge in [0.25, 0.3) is 0 Å². The van der Waals surface area contributed by atoms with Gasteiger partial charge < -0.3 is 10.3 Å². The number of hydrogen-bond donors (Lipinski definition) is 1. The first-order valence-corrected chi connectivity index (χ1v) is 7.05. The molecule has 0 spiro atoms. The number of imidazole rings is 1. The molecule has 22 heavy (non-hydrogen) atoms. The summed E-state index contributed by atoms with van der Waals surface area (Å²) in [6.45, 7) is 4.34. The molecule has 0 saturated heterocycles. The molecule has 0 aliphatic carbocycles. The highest BCUT2D eigenvalue weighted by atomic mass is 19.2. The molecule has 0 radical (unpaired) electrons. The van der Waals surface area contributed by atoms with E-state index in [0.717, 1.165) is 23.2 Å². The number of hydrogen-bond acceptors (Lipinski definition) is 2. The van der Waals surface area contributed by atoms with Crippen LogP contribution in [0.4, 0.5) is 8.78 Å². The average Bonchev–Trinajstić information content (AvgIpc) is 2.79. The molecule has 0 unspecified atom stereocenters. The molecule has 1 heterocycles. The first kappa shape index (κ1) is 14.7. The number of nitrogens with two attached hydrogens (primary N) is 1. The van der Waals surface area contributed by atoms with Crippen molar-refractivity contribution in [3.63, 3.8) is 0 Å². The van der Waals surface area contributed by atoms with Gasteiger partial charge in [-0.2, -0.15) is 0 Å². The Kier molecular flexibility index (Phi) is 3.45. The first-order valence-electron chi connectivity index (χ1n) is 7.05. The SMILES string of the molecule is CC(C)(N)Cn1c(-c2ccc(F)c(F)c2)nc2ccccc21. The molecule has 0 saturated carbocycles. The molecule has 0 aliphatic heterocycles. The Morgan fingerprint density at radius 3 is 2.50 bits per heavy atom. The maximum Gasteiger partial charge on any atom is 0.159 e. The van der Waals surface area contributed by atoms with Crippen molar-refractivity contribution in [2.45, 2.75) is 25.9 Å². The minimum absolute atomic E-state index is 0.462. The fourth-order valence-corrected chi connectivity index (χ4v) is 2.50. The Morgan fingerprint density at radius 1 is 1.09 bits per heavy atom. The van der Waals surface area contributed by atoms with Crippen LogP contribution < -0.4 is 5.73 Å². The molecule has 0 bridgehead atoms. The third-order valence-corrected chi connectivity index (χ3v) is 3.40. The van der Waals surface area contributed by atoms with E-state index in [2.05, 4.69) is 4.98 Å². The summed E-state index contributed by atoms with van der Waals surface area (Å²) in [5.41, 5.74) is 7.92. The molecule has 1 aromatic heterocycles. The summed E-state index contributed by atoms with van der Waals surface area (Å²) in [5.74, 6) is -1.17. The number of fused-ring (bicyclic) bond motifs is 1. The van der Waals surface area contributed by atoms with Crippen LogP contribution >= 0.6 is 0 Å². The summed E-state index contributed by atoms with van der Waals surface area (Å²) in [6, 6.07) is 11.4. The third-order valence-electron chi connectivity index (χ3n) is 3.40. The van der Waals surface area contributed by atoms with E-state index in [-0.39, 0.29) is 0 Å². The van der Waals surface area contributed by atoms with E-state index < -0.39 is 17.2 Å². The van der Waals surface area contributed by atoms with E-state index in [1.54, 1.807) is 0 Å². The number of aromatic nitrogens is 2. The zero-order valence-corrected chi connectivity index (χ0v) is 12.5. The van der Waals surface area contributed by atoms with Crippen molar-refractivity contribution in [1.29, 1.82) is 0 Å². The summed E-state index contributed by atoms with van der Waals surface area (Å²) in [5, 5.41) is 0. The van der Waals surface area contributed by atoms with E-state index in [1.165, 1.54) is 6.07 Å². The second-order valence-corrected chi connectivity index (χ2v) is 6.13. The quantitative estimate of drug-likeness (QED) is 0.801. The minimum atomic E-state index is -0.886. The van der Waals surface area contributed by atoms with Gasteiger partial charge in [-0.15, -0.1) is 0 Å².